The zero-order chi connectivity index (χ0) is 11.8. The minimum atomic E-state index is 0.873. The van der Waals surface area contributed by atoms with Crippen LogP contribution in [0.15, 0.2) is 34.9 Å². The van der Waals surface area contributed by atoms with E-state index < -0.39 is 0 Å². The number of rotatable bonds is 2. The van der Waals surface area contributed by atoms with Crippen LogP contribution in [-0.2, 0) is 6.42 Å². The molecule has 1 N–H and O–H groups in total. The molecular weight excluding hydrogens is 212 g/mol. The number of aryl methyl sites for hydroxylation is 2. The van der Waals surface area contributed by atoms with Crippen LogP contribution in [0.1, 0.15) is 18.2 Å². The highest BCUT2D eigenvalue weighted by Gasteiger charge is 2.12. The molecule has 2 heterocycles. The second kappa shape index (κ2) is 3.77. The number of imidazole rings is 1. The molecule has 0 spiro atoms. The smallest absolute Gasteiger partial charge is 0.142 e. The van der Waals surface area contributed by atoms with Gasteiger partial charge in [-0.25, -0.2) is 4.98 Å². The van der Waals surface area contributed by atoms with Crippen LogP contribution < -0.4 is 0 Å². The number of fused-ring (bicyclic) bond motifs is 1. The van der Waals surface area contributed by atoms with Crippen molar-refractivity contribution in [2.24, 2.45) is 0 Å². The van der Waals surface area contributed by atoms with Gasteiger partial charge in [-0.15, -0.1) is 0 Å². The highest BCUT2D eigenvalue weighted by Crippen LogP contribution is 2.26. The van der Waals surface area contributed by atoms with Crippen LogP contribution in [0.25, 0.3) is 22.4 Å². The quantitative estimate of drug-likeness (QED) is 0.724. The highest BCUT2D eigenvalue weighted by molar-refractivity contribution is 5.82. The first kappa shape index (κ1) is 10.1. The Kier molecular flexibility index (Phi) is 2.25. The Morgan fingerprint density at radius 2 is 2.18 bits per heavy atom. The molecule has 86 valence electrons. The number of nitrogens with one attached hydrogen (secondary N) is 1. The number of furan rings is 1. The third-order valence-corrected chi connectivity index (χ3v) is 3.04. The van der Waals surface area contributed by atoms with E-state index in [-0.39, 0.29) is 0 Å². The van der Waals surface area contributed by atoms with Gasteiger partial charge in [0, 0.05) is 6.42 Å². The Morgan fingerprint density at radius 3 is 2.94 bits per heavy atom. The van der Waals surface area contributed by atoms with Gasteiger partial charge in [-0.3, -0.25) is 0 Å². The molecule has 0 amide bonds. The monoisotopic (exact) mass is 226 g/mol. The molecule has 0 aliphatic rings. The fourth-order valence-corrected chi connectivity index (χ4v) is 2.13. The Labute approximate surface area is 99.5 Å². The lowest BCUT2D eigenvalue weighted by Crippen LogP contribution is -1.83. The summed E-state index contributed by atoms with van der Waals surface area (Å²) in [7, 11) is 0. The molecule has 0 saturated heterocycles. The van der Waals surface area contributed by atoms with Crippen LogP contribution in [0.2, 0.25) is 0 Å². The maximum Gasteiger partial charge on any atom is 0.142 e. The topological polar surface area (TPSA) is 41.8 Å². The van der Waals surface area contributed by atoms with Crippen molar-refractivity contribution in [1.82, 2.24) is 9.97 Å². The van der Waals surface area contributed by atoms with E-state index in [2.05, 4.69) is 29.9 Å². The molecule has 0 radical (unpaired) electrons. The molecule has 3 heteroatoms. The van der Waals surface area contributed by atoms with Crippen molar-refractivity contribution in [3.63, 3.8) is 0 Å². The van der Waals surface area contributed by atoms with Gasteiger partial charge >= 0.3 is 0 Å². The molecule has 0 fully saturated rings. The van der Waals surface area contributed by atoms with Gasteiger partial charge in [-0.2, -0.15) is 0 Å². The number of aromatic nitrogens is 2. The van der Waals surface area contributed by atoms with Gasteiger partial charge in [0.05, 0.1) is 22.9 Å². The maximum atomic E-state index is 5.43. The average molecular weight is 226 g/mol. The molecule has 0 unspecified atom stereocenters. The van der Waals surface area contributed by atoms with Crippen LogP contribution >= 0.6 is 0 Å². The Hall–Kier alpha value is -2.03. The number of aromatic amines is 1. The number of H-pyrrole nitrogens is 1. The van der Waals surface area contributed by atoms with Gasteiger partial charge in [0.15, 0.2) is 0 Å². The number of para-hydroxylation sites is 1. The summed E-state index contributed by atoms with van der Waals surface area (Å²) < 4.78 is 5.43. The van der Waals surface area contributed by atoms with Crippen molar-refractivity contribution >= 4 is 11.0 Å². The first-order chi connectivity index (χ1) is 8.29. The molecular formula is C14H14N2O. The highest BCUT2D eigenvalue weighted by atomic mass is 16.3. The van der Waals surface area contributed by atoms with E-state index in [1.807, 2.05) is 18.2 Å². The standard InChI is InChI=1S/C14H14N2O/c1-3-12-10(7-8-17-12)14-15-11-6-4-5-9(2)13(11)16-14/h4-8H,3H2,1-2H3,(H,15,16). The van der Waals surface area contributed by atoms with E-state index in [0.29, 0.717) is 0 Å². The maximum absolute atomic E-state index is 5.43. The predicted molar refractivity (Wildman–Crippen MR) is 67.9 cm³/mol. The summed E-state index contributed by atoms with van der Waals surface area (Å²) in [6, 6.07) is 8.12. The van der Waals surface area contributed by atoms with Crippen molar-refractivity contribution in [2.45, 2.75) is 20.3 Å². The van der Waals surface area contributed by atoms with E-state index in [1.54, 1.807) is 6.26 Å². The van der Waals surface area contributed by atoms with Crippen molar-refractivity contribution in [2.75, 3.05) is 0 Å². The lowest BCUT2D eigenvalue weighted by Gasteiger charge is -1.94. The molecule has 17 heavy (non-hydrogen) atoms. The largest absolute Gasteiger partial charge is 0.469 e. The third kappa shape index (κ3) is 1.55. The van der Waals surface area contributed by atoms with Gasteiger partial charge in [0.25, 0.3) is 0 Å². The first-order valence-electron chi connectivity index (χ1n) is 5.81. The minimum Gasteiger partial charge on any atom is -0.469 e. The van der Waals surface area contributed by atoms with Crippen molar-refractivity contribution < 1.29 is 4.42 Å². The van der Waals surface area contributed by atoms with Crippen LogP contribution in [0.3, 0.4) is 0 Å². The van der Waals surface area contributed by atoms with Crippen molar-refractivity contribution in [1.29, 1.82) is 0 Å². The lowest BCUT2D eigenvalue weighted by molar-refractivity contribution is 0.517. The Morgan fingerprint density at radius 1 is 1.29 bits per heavy atom. The average Bonchev–Trinajstić information content (AvgIpc) is 2.94. The van der Waals surface area contributed by atoms with Gasteiger partial charge in [0.2, 0.25) is 0 Å². The van der Waals surface area contributed by atoms with Crippen molar-refractivity contribution in [3.05, 3.63) is 41.9 Å². The molecule has 0 atom stereocenters. The van der Waals surface area contributed by atoms with Crippen LogP contribution in [0.5, 0.6) is 0 Å². The van der Waals surface area contributed by atoms with Gasteiger partial charge in [-0.1, -0.05) is 19.1 Å². The van der Waals surface area contributed by atoms with E-state index in [0.717, 1.165) is 34.6 Å². The normalized spacial score (nSPS) is 11.2. The summed E-state index contributed by atoms with van der Waals surface area (Å²) in [5.41, 5.74) is 4.35. The molecule has 2 aromatic heterocycles. The molecule has 0 aliphatic heterocycles. The second-order valence-electron chi connectivity index (χ2n) is 4.17. The fraction of sp³-hybridized carbons (Fsp3) is 0.214. The predicted octanol–water partition coefficient (Wildman–Crippen LogP) is 3.69. The van der Waals surface area contributed by atoms with Crippen LogP contribution in [-0.4, -0.2) is 9.97 Å². The zero-order valence-electron chi connectivity index (χ0n) is 9.95. The summed E-state index contributed by atoms with van der Waals surface area (Å²) in [4.78, 5) is 7.99. The molecule has 0 bridgehead atoms. The number of hydrogen-bond donors (Lipinski definition) is 1. The summed E-state index contributed by atoms with van der Waals surface area (Å²) in [6.07, 6.45) is 2.59. The molecule has 3 aromatic rings. The third-order valence-electron chi connectivity index (χ3n) is 3.04. The number of hydrogen-bond acceptors (Lipinski definition) is 2. The van der Waals surface area contributed by atoms with Gasteiger partial charge in [0.1, 0.15) is 11.6 Å². The van der Waals surface area contributed by atoms with E-state index in [1.165, 1.54) is 5.56 Å². The summed E-state index contributed by atoms with van der Waals surface area (Å²) in [6.45, 7) is 4.15. The van der Waals surface area contributed by atoms with E-state index in [4.69, 9.17) is 4.42 Å². The summed E-state index contributed by atoms with van der Waals surface area (Å²) in [5.74, 6) is 1.86. The van der Waals surface area contributed by atoms with Crippen LogP contribution in [0, 0.1) is 6.92 Å². The zero-order valence-corrected chi connectivity index (χ0v) is 9.95. The number of nitrogens with zero attached hydrogens (tertiary/aromatic N) is 1. The van der Waals surface area contributed by atoms with Gasteiger partial charge in [-0.05, 0) is 24.6 Å². The van der Waals surface area contributed by atoms with E-state index in [9.17, 15) is 0 Å². The Balaban J connectivity index is 2.22. The number of benzene rings is 1. The minimum absolute atomic E-state index is 0.873. The summed E-state index contributed by atoms with van der Waals surface area (Å²) >= 11 is 0. The first-order valence-corrected chi connectivity index (χ1v) is 5.81. The van der Waals surface area contributed by atoms with Crippen molar-refractivity contribution in [3.8, 4) is 11.4 Å². The van der Waals surface area contributed by atoms with Gasteiger partial charge < -0.3 is 9.40 Å². The molecule has 3 nitrogen and oxygen atoms in total. The molecule has 1 aromatic carbocycles. The van der Waals surface area contributed by atoms with E-state index >= 15 is 0 Å². The SMILES string of the molecule is CCc1occc1-c1nc2c(C)cccc2[nH]1. The Bertz CT molecular complexity index is 664. The lowest BCUT2D eigenvalue weighted by atomic mass is 10.2. The fourth-order valence-electron chi connectivity index (χ4n) is 2.13. The molecule has 0 saturated carbocycles. The summed E-state index contributed by atoms with van der Waals surface area (Å²) in [5, 5.41) is 0. The van der Waals surface area contributed by atoms with Crippen LogP contribution in [0.4, 0.5) is 0 Å². The molecule has 0 aliphatic carbocycles. The molecule has 3 rings (SSSR count). The second-order valence-corrected chi connectivity index (χ2v) is 4.17.